The highest BCUT2D eigenvalue weighted by Crippen LogP contribution is 2.13. The molecule has 13 heavy (non-hydrogen) atoms. The van der Waals surface area contributed by atoms with E-state index in [4.69, 9.17) is 10.8 Å². The molecule has 0 aromatic carbocycles. The molecule has 0 saturated carbocycles. The Hall–Kier alpha value is -0.570. The van der Waals surface area contributed by atoms with Crippen LogP contribution in [-0.2, 0) is 4.79 Å². The van der Waals surface area contributed by atoms with Crippen molar-refractivity contribution < 1.29 is 9.90 Å². The number of carboxylic acid groups (broad SMARTS) is 1. The highest BCUT2D eigenvalue weighted by Gasteiger charge is 2.15. The van der Waals surface area contributed by atoms with Crippen LogP contribution in [0.1, 0.15) is 46.0 Å². The maximum Gasteiger partial charge on any atom is 0.304 e. The maximum atomic E-state index is 10.4. The third-order valence-corrected chi connectivity index (χ3v) is 2.40. The van der Waals surface area contributed by atoms with E-state index >= 15 is 0 Å². The normalized spacial score (nSPS) is 15.3. The first kappa shape index (κ1) is 12.4. The average Bonchev–Trinajstić information content (AvgIpc) is 2.03. The van der Waals surface area contributed by atoms with Gasteiger partial charge in [0.1, 0.15) is 0 Å². The van der Waals surface area contributed by atoms with E-state index in [0.29, 0.717) is 5.92 Å². The molecule has 0 radical (unpaired) electrons. The van der Waals surface area contributed by atoms with Crippen LogP contribution >= 0.6 is 0 Å². The van der Waals surface area contributed by atoms with Gasteiger partial charge in [0.2, 0.25) is 0 Å². The summed E-state index contributed by atoms with van der Waals surface area (Å²) >= 11 is 0. The van der Waals surface area contributed by atoms with E-state index in [1.54, 1.807) is 0 Å². The zero-order chi connectivity index (χ0) is 10.3. The fourth-order valence-electron chi connectivity index (χ4n) is 1.33. The Morgan fingerprint density at radius 3 is 2.54 bits per heavy atom. The van der Waals surface area contributed by atoms with Crippen LogP contribution in [0.25, 0.3) is 0 Å². The highest BCUT2D eigenvalue weighted by molar-refractivity contribution is 5.67. The van der Waals surface area contributed by atoms with Gasteiger partial charge in [-0.25, -0.2) is 0 Å². The molecular weight excluding hydrogens is 166 g/mol. The fourth-order valence-corrected chi connectivity index (χ4v) is 1.33. The minimum absolute atomic E-state index is 0.0906. The average molecular weight is 187 g/mol. The molecule has 78 valence electrons. The molecule has 2 atom stereocenters. The molecule has 0 aromatic rings. The predicted molar refractivity (Wildman–Crippen MR) is 53.5 cm³/mol. The molecule has 0 fully saturated rings. The van der Waals surface area contributed by atoms with Crippen LogP contribution in [-0.4, -0.2) is 17.1 Å². The third-order valence-electron chi connectivity index (χ3n) is 2.40. The number of hydrogen-bond acceptors (Lipinski definition) is 2. The van der Waals surface area contributed by atoms with Crippen LogP contribution in [0.15, 0.2) is 0 Å². The van der Waals surface area contributed by atoms with Gasteiger partial charge in [-0.05, 0) is 12.3 Å². The number of carbonyl (C=O) groups is 1. The molecule has 0 saturated heterocycles. The van der Waals surface area contributed by atoms with Crippen molar-refractivity contribution in [1.82, 2.24) is 0 Å². The maximum absolute atomic E-state index is 10.4. The zero-order valence-corrected chi connectivity index (χ0v) is 8.62. The molecule has 0 amide bonds. The van der Waals surface area contributed by atoms with Crippen LogP contribution in [0.3, 0.4) is 0 Å². The highest BCUT2D eigenvalue weighted by atomic mass is 16.4. The van der Waals surface area contributed by atoms with E-state index in [-0.39, 0.29) is 12.5 Å². The van der Waals surface area contributed by atoms with E-state index in [1.807, 2.05) is 6.92 Å². The van der Waals surface area contributed by atoms with Crippen LogP contribution in [0.5, 0.6) is 0 Å². The third kappa shape index (κ3) is 6.58. The van der Waals surface area contributed by atoms with E-state index in [1.165, 1.54) is 12.8 Å². The Labute approximate surface area is 80.3 Å². The Balaban J connectivity index is 3.56. The van der Waals surface area contributed by atoms with Gasteiger partial charge in [-0.1, -0.05) is 33.1 Å². The summed E-state index contributed by atoms with van der Waals surface area (Å²) in [6.45, 7) is 4.19. The SMILES string of the molecule is CCCCC[C@@H](C)[C@H](N)CC(=O)O. The number of aliphatic carboxylic acids is 1. The summed E-state index contributed by atoms with van der Waals surface area (Å²) in [5.74, 6) is -0.475. The minimum atomic E-state index is -0.796. The first-order valence-electron chi connectivity index (χ1n) is 5.05. The van der Waals surface area contributed by atoms with Gasteiger partial charge in [-0.3, -0.25) is 4.79 Å². The van der Waals surface area contributed by atoms with Crippen LogP contribution in [0.2, 0.25) is 0 Å². The summed E-state index contributed by atoms with van der Waals surface area (Å²) in [6, 6.07) is -0.186. The van der Waals surface area contributed by atoms with Crippen molar-refractivity contribution in [2.45, 2.75) is 52.0 Å². The smallest absolute Gasteiger partial charge is 0.304 e. The van der Waals surface area contributed by atoms with Gasteiger partial charge in [0.15, 0.2) is 0 Å². The Kier molecular flexibility index (Phi) is 6.59. The lowest BCUT2D eigenvalue weighted by Crippen LogP contribution is -2.30. The van der Waals surface area contributed by atoms with Crippen LogP contribution in [0.4, 0.5) is 0 Å². The van der Waals surface area contributed by atoms with E-state index < -0.39 is 5.97 Å². The molecule has 0 unspecified atom stereocenters. The monoisotopic (exact) mass is 187 g/mol. The lowest BCUT2D eigenvalue weighted by Gasteiger charge is -2.17. The second kappa shape index (κ2) is 6.89. The number of unbranched alkanes of at least 4 members (excludes halogenated alkanes) is 2. The minimum Gasteiger partial charge on any atom is -0.481 e. The van der Waals surface area contributed by atoms with Crippen LogP contribution in [0, 0.1) is 5.92 Å². The Morgan fingerprint density at radius 2 is 2.08 bits per heavy atom. The number of rotatable bonds is 7. The fraction of sp³-hybridized carbons (Fsp3) is 0.900. The molecule has 3 N–H and O–H groups in total. The molecule has 0 spiro atoms. The molecule has 0 aliphatic heterocycles. The number of hydrogen-bond donors (Lipinski definition) is 2. The van der Waals surface area contributed by atoms with Crippen molar-refractivity contribution >= 4 is 5.97 Å². The van der Waals surface area contributed by atoms with E-state index in [0.717, 1.165) is 12.8 Å². The van der Waals surface area contributed by atoms with Gasteiger partial charge >= 0.3 is 5.97 Å². The van der Waals surface area contributed by atoms with Crippen molar-refractivity contribution in [3.05, 3.63) is 0 Å². The first-order valence-corrected chi connectivity index (χ1v) is 5.05. The number of carboxylic acids is 1. The number of nitrogens with two attached hydrogens (primary N) is 1. The Morgan fingerprint density at radius 1 is 1.46 bits per heavy atom. The molecule has 0 aromatic heterocycles. The quantitative estimate of drug-likeness (QED) is 0.599. The lowest BCUT2D eigenvalue weighted by atomic mass is 9.94. The van der Waals surface area contributed by atoms with Crippen molar-refractivity contribution in [1.29, 1.82) is 0 Å². The van der Waals surface area contributed by atoms with Crippen molar-refractivity contribution in [3.63, 3.8) is 0 Å². The molecule has 0 bridgehead atoms. The van der Waals surface area contributed by atoms with Gasteiger partial charge in [0.05, 0.1) is 6.42 Å². The zero-order valence-electron chi connectivity index (χ0n) is 8.62. The topological polar surface area (TPSA) is 63.3 Å². The van der Waals surface area contributed by atoms with E-state index in [2.05, 4.69) is 6.92 Å². The summed E-state index contributed by atoms with van der Waals surface area (Å²) in [7, 11) is 0. The second-order valence-corrected chi connectivity index (χ2v) is 3.73. The molecular formula is C10H21NO2. The largest absolute Gasteiger partial charge is 0.481 e. The summed E-state index contributed by atoms with van der Waals surface area (Å²) < 4.78 is 0. The van der Waals surface area contributed by atoms with Gasteiger partial charge < -0.3 is 10.8 Å². The lowest BCUT2D eigenvalue weighted by molar-refractivity contribution is -0.137. The van der Waals surface area contributed by atoms with E-state index in [9.17, 15) is 4.79 Å². The van der Waals surface area contributed by atoms with Gasteiger partial charge in [0.25, 0.3) is 0 Å². The summed E-state index contributed by atoms with van der Waals surface area (Å²) in [4.78, 5) is 10.4. The van der Waals surface area contributed by atoms with Gasteiger partial charge in [-0.15, -0.1) is 0 Å². The summed E-state index contributed by atoms with van der Waals surface area (Å²) in [5.41, 5.74) is 5.72. The first-order chi connectivity index (χ1) is 6.07. The molecule has 0 heterocycles. The van der Waals surface area contributed by atoms with Crippen LogP contribution < -0.4 is 5.73 Å². The molecule has 0 aliphatic rings. The molecule has 3 nitrogen and oxygen atoms in total. The summed E-state index contributed by atoms with van der Waals surface area (Å²) in [5, 5.41) is 8.52. The summed E-state index contributed by atoms with van der Waals surface area (Å²) in [6.07, 6.45) is 4.70. The molecule has 0 aliphatic carbocycles. The Bertz CT molecular complexity index is 148. The van der Waals surface area contributed by atoms with Gasteiger partial charge in [0, 0.05) is 6.04 Å². The second-order valence-electron chi connectivity index (χ2n) is 3.73. The van der Waals surface area contributed by atoms with Crippen molar-refractivity contribution in [3.8, 4) is 0 Å². The predicted octanol–water partition coefficient (Wildman–Crippen LogP) is 2.00. The standard InChI is InChI=1S/C10H21NO2/c1-3-4-5-6-8(2)9(11)7-10(12)13/h8-9H,3-7,11H2,1-2H3,(H,12,13)/t8-,9-/m1/s1. The van der Waals surface area contributed by atoms with Crippen molar-refractivity contribution in [2.24, 2.45) is 11.7 Å². The molecule has 3 heteroatoms. The molecule has 0 rings (SSSR count). The van der Waals surface area contributed by atoms with Gasteiger partial charge in [-0.2, -0.15) is 0 Å². The van der Waals surface area contributed by atoms with Crippen molar-refractivity contribution in [2.75, 3.05) is 0 Å².